The summed E-state index contributed by atoms with van der Waals surface area (Å²) in [6.07, 6.45) is 58.3. The fourth-order valence-corrected chi connectivity index (χ4v) is 13.9. The molecule has 99 heavy (non-hydrogen) atoms. The second-order valence-electron chi connectivity index (χ2n) is 30.0. The van der Waals surface area contributed by atoms with Crippen molar-refractivity contribution >= 4 is 39.5 Å². The molecular weight excluding hydrogens is 1290 g/mol. The molecule has 0 aromatic rings. The monoisotopic (exact) mass is 1450 g/mol. The van der Waals surface area contributed by atoms with Crippen LogP contribution in [0.2, 0.25) is 0 Å². The highest BCUT2D eigenvalue weighted by molar-refractivity contribution is 7.47. The predicted molar refractivity (Wildman–Crippen MR) is 405 cm³/mol. The van der Waals surface area contributed by atoms with Crippen LogP contribution in [0.4, 0.5) is 0 Å². The second kappa shape index (κ2) is 70.4. The highest BCUT2D eigenvalue weighted by atomic mass is 31.2. The number of unbranched alkanes of at least 4 members (excludes halogenated alkanes) is 45. The van der Waals surface area contributed by atoms with Gasteiger partial charge < -0.3 is 33.8 Å². The van der Waals surface area contributed by atoms with Crippen LogP contribution in [-0.2, 0) is 65.4 Å². The van der Waals surface area contributed by atoms with Crippen molar-refractivity contribution in [3.05, 3.63) is 0 Å². The van der Waals surface area contributed by atoms with Crippen LogP contribution in [0.3, 0.4) is 0 Å². The fourth-order valence-electron chi connectivity index (χ4n) is 12.3. The van der Waals surface area contributed by atoms with E-state index in [-0.39, 0.29) is 25.7 Å². The van der Waals surface area contributed by atoms with Crippen molar-refractivity contribution in [2.24, 2.45) is 17.8 Å². The van der Waals surface area contributed by atoms with Crippen LogP contribution in [0.1, 0.15) is 414 Å². The first-order valence-electron chi connectivity index (χ1n) is 41.4. The van der Waals surface area contributed by atoms with Crippen molar-refractivity contribution in [1.29, 1.82) is 0 Å². The van der Waals surface area contributed by atoms with Crippen molar-refractivity contribution in [3.63, 3.8) is 0 Å². The maximum absolute atomic E-state index is 13.1. The number of phosphoric ester groups is 2. The van der Waals surface area contributed by atoms with Gasteiger partial charge in [0.05, 0.1) is 26.4 Å². The SMILES string of the molecule is CCCCCCCCCCCCCCCCCCCCC(=O)O[C@H](COC(=O)CCCCCCCCCCCCCCCC(C)C)COP(=O)(O)OC[C@@H](O)COP(=O)(O)OC[C@@H](COC(=O)CCCCCCCCC(C)CC)OC(=O)CCCCCCCCCCCCCCC(C)C. The largest absolute Gasteiger partial charge is 0.472 e. The molecule has 0 aliphatic rings. The zero-order valence-corrected chi connectivity index (χ0v) is 66.8. The summed E-state index contributed by atoms with van der Waals surface area (Å²) in [5.41, 5.74) is 0. The Morgan fingerprint density at radius 3 is 0.768 bits per heavy atom. The molecule has 588 valence electrons. The zero-order valence-electron chi connectivity index (χ0n) is 65.0. The average molecular weight is 1450 g/mol. The number of carbonyl (C=O) groups is 4. The van der Waals surface area contributed by atoms with Gasteiger partial charge in [0.1, 0.15) is 19.3 Å². The third kappa shape index (κ3) is 72.8. The standard InChI is InChI=1S/C80H156O17P2/c1-8-10-11-12-13-14-15-16-17-18-19-20-23-30-35-40-49-56-63-79(84)96-75(67-90-77(82)61-54-47-39-34-29-24-21-22-27-32-37-44-51-58-71(3)4)69-94-98(86,87)92-65-74(81)66-93-99(88,89)95-70-76(68-91-78(83)62-55-48-43-42-46-53-60-73(7)9-2)97-80(85)64-57-50-41-36-31-26-25-28-33-38-45-52-59-72(5)6/h71-76,81H,8-70H2,1-7H3,(H,86,87)(H,88,89)/t73?,74-,75-,76-/m1/s1. The summed E-state index contributed by atoms with van der Waals surface area (Å²) >= 11 is 0. The lowest BCUT2D eigenvalue weighted by molar-refractivity contribution is -0.161. The quantitative estimate of drug-likeness (QED) is 0.0222. The van der Waals surface area contributed by atoms with Crippen molar-refractivity contribution in [2.45, 2.75) is 433 Å². The summed E-state index contributed by atoms with van der Waals surface area (Å²) in [7, 11) is -9.92. The number of ether oxygens (including phenoxy) is 4. The summed E-state index contributed by atoms with van der Waals surface area (Å²) in [4.78, 5) is 73.0. The van der Waals surface area contributed by atoms with Gasteiger partial charge in [-0.1, -0.05) is 363 Å². The van der Waals surface area contributed by atoms with E-state index in [0.717, 1.165) is 114 Å². The molecule has 0 rings (SSSR count). The molecule has 0 aliphatic carbocycles. The van der Waals surface area contributed by atoms with Crippen LogP contribution in [0.25, 0.3) is 0 Å². The number of hydrogen-bond donors (Lipinski definition) is 3. The Kier molecular flexibility index (Phi) is 69.0. The Morgan fingerprint density at radius 2 is 0.515 bits per heavy atom. The first-order valence-corrected chi connectivity index (χ1v) is 44.4. The number of rotatable bonds is 78. The van der Waals surface area contributed by atoms with E-state index in [1.165, 1.54) is 218 Å². The molecule has 0 aromatic carbocycles. The molecule has 0 aliphatic heterocycles. The maximum Gasteiger partial charge on any atom is 0.472 e. The van der Waals surface area contributed by atoms with Gasteiger partial charge >= 0.3 is 39.5 Å². The molecule has 0 bridgehead atoms. The summed E-state index contributed by atoms with van der Waals surface area (Å²) in [6, 6.07) is 0. The molecule has 3 N–H and O–H groups in total. The van der Waals surface area contributed by atoms with Gasteiger partial charge in [-0.2, -0.15) is 0 Å². The minimum atomic E-state index is -4.96. The molecule has 0 radical (unpaired) electrons. The smallest absolute Gasteiger partial charge is 0.462 e. The number of phosphoric acid groups is 2. The van der Waals surface area contributed by atoms with E-state index in [9.17, 15) is 43.2 Å². The molecule has 17 nitrogen and oxygen atoms in total. The minimum Gasteiger partial charge on any atom is -0.462 e. The lowest BCUT2D eigenvalue weighted by Crippen LogP contribution is -2.30. The van der Waals surface area contributed by atoms with E-state index in [0.29, 0.717) is 25.7 Å². The molecule has 6 atom stereocenters. The van der Waals surface area contributed by atoms with Crippen molar-refractivity contribution in [3.8, 4) is 0 Å². The third-order valence-electron chi connectivity index (χ3n) is 19.0. The van der Waals surface area contributed by atoms with Crippen LogP contribution in [-0.4, -0.2) is 96.7 Å². The lowest BCUT2D eigenvalue weighted by Gasteiger charge is -2.21. The Morgan fingerprint density at radius 1 is 0.293 bits per heavy atom. The molecule has 0 fully saturated rings. The van der Waals surface area contributed by atoms with Crippen molar-refractivity contribution in [2.75, 3.05) is 39.6 Å². The Bertz CT molecular complexity index is 1920. The summed E-state index contributed by atoms with van der Waals surface area (Å²) < 4.78 is 68.7. The molecule has 0 amide bonds. The van der Waals surface area contributed by atoms with Gasteiger partial charge in [0.15, 0.2) is 12.2 Å². The van der Waals surface area contributed by atoms with Gasteiger partial charge in [-0.3, -0.25) is 37.3 Å². The molecule has 0 heterocycles. The van der Waals surface area contributed by atoms with E-state index < -0.39 is 97.5 Å². The highest BCUT2D eigenvalue weighted by Crippen LogP contribution is 2.45. The van der Waals surface area contributed by atoms with E-state index in [4.69, 9.17) is 37.0 Å². The minimum absolute atomic E-state index is 0.106. The second-order valence-corrected chi connectivity index (χ2v) is 32.9. The Balaban J connectivity index is 5.25. The molecule has 0 aromatic heterocycles. The summed E-state index contributed by atoms with van der Waals surface area (Å²) in [5, 5.41) is 10.6. The number of carbonyl (C=O) groups excluding carboxylic acids is 4. The van der Waals surface area contributed by atoms with Crippen LogP contribution in [0.5, 0.6) is 0 Å². The lowest BCUT2D eigenvalue weighted by atomic mass is 10.00. The van der Waals surface area contributed by atoms with Crippen LogP contribution in [0.15, 0.2) is 0 Å². The number of aliphatic hydroxyl groups excluding tert-OH is 1. The van der Waals surface area contributed by atoms with Gasteiger partial charge in [-0.25, -0.2) is 9.13 Å². The summed E-state index contributed by atoms with van der Waals surface area (Å²) in [6.45, 7) is 11.9. The van der Waals surface area contributed by atoms with E-state index in [1.807, 2.05) is 0 Å². The molecule has 0 saturated carbocycles. The van der Waals surface area contributed by atoms with E-state index >= 15 is 0 Å². The van der Waals surface area contributed by atoms with E-state index in [2.05, 4.69) is 48.5 Å². The average Bonchev–Trinajstić information content (AvgIpc) is 1.13. The zero-order chi connectivity index (χ0) is 73.0. The first-order chi connectivity index (χ1) is 47.8. The molecular formula is C80H156O17P2. The van der Waals surface area contributed by atoms with Gasteiger partial charge in [0.25, 0.3) is 0 Å². The van der Waals surface area contributed by atoms with Crippen molar-refractivity contribution < 1.29 is 80.2 Å². The van der Waals surface area contributed by atoms with Gasteiger partial charge in [-0.05, 0) is 43.4 Å². The summed E-state index contributed by atoms with van der Waals surface area (Å²) in [5.74, 6) is 0.186. The predicted octanol–water partition coefficient (Wildman–Crippen LogP) is 23.7. The van der Waals surface area contributed by atoms with Crippen molar-refractivity contribution in [1.82, 2.24) is 0 Å². The molecule has 0 saturated heterocycles. The fraction of sp³-hybridized carbons (Fsp3) is 0.950. The maximum atomic E-state index is 13.1. The Hall–Kier alpha value is -1.94. The normalized spacial score (nSPS) is 14.3. The van der Waals surface area contributed by atoms with Crippen LogP contribution >= 0.6 is 15.6 Å². The molecule has 3 unspecified atom stereocenters. The number of hydrogen-bond acceptors (Lipinski definition) is 15. The topological polar surface area (TPSA) is 237 Å². The van der Waals surface area contributed by atoms with Gasteiger partial charge in [-0.15, -0.1) is 0 Å². The van der Waals surface area contributed by atoms with Gasteiger partial charge in [0, 0.05) is 25.7 Å². The molecule has 0 spiro atoms. The highest BCUT2D eigenvalue weighted by Gasteiger charge is 2.30. The third-order valence-corrected chi connectivity index (χ3v) is 20.9. The van der Waals surface area contributed by atoms with E-state index in [1.54, 1.807) is 0 Å². The molecule has 19 heteroatoms. The van der Waals surface area contributed by atoms with Crippen LogP contribution < -0.4 is 0 Å². The number of esters is 4. The van der Waals surface area contributed by atoms with Gasteiger partial charge in [0.2, 0.25) is 0 Å². The van der Waals surface area contributed by atoms with Crippen LogP contribution in [0, 0.1) is 17.8 Å². The Labute approximate surface area is 607 Å². The first kappa shape index (κ1) is 97.1. The number of aliphatic hydroxyl groups is 1.